The van der Waals surface area contributed by atoms with Crippen LogP contribution in [0.1, 0.15) is 44.9 Å². The third-order valence-electron chi connectivity index (χ3n) is 4.80. The molecule has 158 valence electrons. The van der Waals surface area contributed by atoms with E-state index in [0.717, 1.165) is 12.0 Å². The number of rotatable bonds is 10. The number of nitrogens with one attached hydrogen (secondary N) is 1. The molecular formula is C22H30N2O4S. The number of sulfonamides is 1. The molecule has 1 N–H and O–H groups in total. The van der Waals surface area contributed by atoms with Crippen molar-refractivity contribution in [2.24, 2.45) is 0 Å². The standard InChI is InChI=1S/C22H30N2O4S/c1-5-18-8-12-20(13-9-18)28-16-22(25)23-17(4)19-10-14-21(15-11-19)29(26,27)24(6-2)7-3/h8-15,17H,5-7,16H2,1-4H3,(H,23,25). The van der Waals surface area contributed by atoms with Gasteiger partial charge in [0.05, 0.1) is 10.9 Å². The molecule has 29 heavy (non-hydrogen) atoms. The van der Waals surface area contributed by atoms with Crippen molar-refractivity contribution in [1.82, 2.24) is 9.62 Å². The van der Waals surface area contributed by atoms with Crippen molar-refractivity contribution >= 4 is 15.9 Å². The Balaban J connectivity index is 1.94. The lowest BCUT2D eigenvalue weighted by atomic mass is 10.1. The van der Waals surface area contributed by atoms with Crippen LogP contribution in [0, 0.1) is 0 Å². The topological polar surface area (TPSA) is 75.7 Å². The summed E-state index contributed by atoms with van der Waals surface area (Å²) in [5.41, 5.74) is 2.03. The molecule has 0 bridgehead atoms. The van der Waals surface area contributed by atoms with Crippen LogP contribution in [-0.4, -0.2) is 38.3 Å². The fourth-order valence-electron chi connectivity index (χ4n) is 2.98. The van der Waals surface area contributed by atoms with E-state index in [-0.39, 0.29) is 23.5 Å². The predicted octanol–water partition coefficient (Wildman–Crippen LogP) is 3.54. The lowest BCUT2D eigenvalue weighted by Gasteiger charge is -2.19. The van der Waals surface area contributed by atoms with Crippen molar-refractivity contribution in [1.29, 1.82) is 0 Å². The van der Waals surface area contributed by atoms with E-state index in [0.29, 0.717) is 18.8 Å². The maximum absolute atomic E-state index is 12.6. The molecule has 0 spiro atoms. The summed E-state index contributed by atoms with van der Waals surface area (Å²) in [4.78, 5) is 12.4. The Bertz CT molecular complexity index is 889. The summed E-state index contributed by atoms with van der Waals surface area (Å²) >= 11 is 0. The van der Waals surface area contributed by atoms with Crippen molar-refractivity contribution in [3.63, 3.8) is 0 Å². The Morgan fingerprint density at radius 3 is 2.10 bits per heavy atom. The van der Waals surface area contributed by atoms with E-state index in [1.807, 2.05) is 45.0 Å². The molecule has 2 aromatic rings. The number of ether oxygens (including phenoxy) is 1. The molecule has 1 unspecified atom stereocenters. The minimum atomic E-state index is -3.49. The summed E-state index contributed by atoms with van der Waals surface area (Å²) in [5.74, 6) is 0.410. The van der Waals surface area contributed by atoms with Gasteiger partial charge in [-0.05, 0) is 48.7 Å². The molecular weight excluding hydrogens is 388 g/mol. The Hall–Kier alpha value is -2.38. The van der Waals surface area contributed by atoms with Crippen LogP contribution in [0.5, 0.6) is 5.75 Å². The van der Waals surface area contributed by atoms with Gasteiger partial charge in [-0.25, -0.2) is 8.42 Å². The first-order valence-corrected chi connectivity index (χ1v) is 11.4. The van der Waals surface area contributed by atoms with Gasteiger partial charge in [-0.15, -0.1) is 0 Å². The summed E-state index contributed by atoms with van der Waals surface area (Å²) in [5, 5.41) is 2.87. The molecule has 0 saturated heterocycles. The molecule has 0 aromatic heterocycles. The number of hydrogen-bond acceptors (Lipinski definition) is 4. The largest absolute Gasteiger partial charge is 0.484 e. The Morgan fingerprint density at radius 2 is 1.59 bits per heavy atom. The van der Waals surface area contributed by atoms with Gasteiger partial charge in [0, 0.05) is 13.1 Å². The first-order chi connectivity index (χ1) is 13.8. The van der Waals surface area contributed by atoms with Gasteiger partial charge in [0.15, 0.2) is 6.61 Å². The fraction of sp³-hybridized carbons (Fsp3) is 0.409. The molecule has 1 amide bonds. The molecule has 0 aliphatic rings. The third-order valence-corrected chi connectivity index (χ3v) is 6.87. The van der Waals surface area contributed by atoms with E-state index < -0.39 is 10.0 Å². The second-order valence-electron chi connectivity index (χ2n) is 6.73. The van der Waals surface area contributed by atoms with E-state index in [1.165, 1.54) is 9.87 Å². The Kier molecular flexibility index (Phi) is 8.22. The highest BCUT2D eigenvalue weighted by atomic mass is 32.2. The van der Waals surface area contributed by atoms with Crippen LogP contribution in [0.15, 0.2) is 53.4 Å². The van der Waals surface area contributed by atoms with Crippen LogP contribution in [0.3, 0.4) is 0 Å². The maximum Gasteiger partial charge on any atom is 0.258 e. The number of carbonyl (C=O) groups is 1. The summed E-state index contributed by atoms with van der Waals surface area (Å²) < 4.78 is 32.0. The van der Waals surface area contributed by atoms with Crippen LogP contribution in [0.25, 0.3) is 0 Å². The van der Waals surface area contributed by atoms with E-state index in [9.17, 15) is 13.2 Å². The lowest BCUT2D eigenvalue weighted by Crippen LogP contribution is -2.31. The van der Waals surface area contributed by atoms with Gasteiger partial charge in [0.25, 0.3) is 5.91 Å². The van der Waals surface area contributed by atoms with Crippen LogP contribution >= 0.6 is 0 Å². The predicted molar refractivity (Wildman–Crippen MR) is 114 cm³/mol. The quantitative estimate of drug-likeness (QED) is 0.640. The summed E-state index contributed by atoms with van der Waals surface area (Å²) in [6.07, 6.45) is 0.952. The summed E-state index contributed by atoms with van der Waals surface area (Å²) in [6, 6.07) is 14.0. The molecule has 0 radical (unpaired) electrons. The summed E-state index contributed by atoms with van der Waals surface area (Å²) in [6.45, 7) is 8.32. The van der Waals surface area contributed by atoms with Crippen LogP contribution < -0.4 is 10.1 Å². The second-order valence-corrected chi connectivity index (χ2v) is 8.67. The number of benzene rings is 2. The molecule has 1 atom stereocenters. The average Bonchev–Trinajstić information content (AvgIpc) is 2.73. The third kappa shape index (κ3) is 6.05. The zero-order chi connectivity index (χ0) is 21.4. The zero-order valence-corrected chi connectivity index (χ0v) is 18.3. The molecule has 0 aliphatic carbocycles. The first-order valence-electron chi connectivity index (χ1n) is 9.93. The molecule has 7 heteroatoms. The van der Waals surface area contributed by atoms with E-state index in [4.69, 9.17) is 4.74 Å². The highest BCUT2D eigenvalue weighted by Crippen LogP contribution is 2.19. The number of hydrogen-bond donors (Lipinski definition) is 1. The van der Waals surface area contributed by atoms with Crippen molar-refractivity contribution in [2.75, 3.05) is 19.7 Å². The summed E-state index contributed by atoms with van der Waals surface area (Å²) in [7, 11) is -3.49. The monoisotopic (exact) mass is 418 g/mol. The molecule has 0 fully saturated rings. The highest BCUT2D eigenvalue weighted by molar-refractivity contribution is 7.89. The average molecular weight is 419 g/mol. The van der Waals surface area contributed by atoms with Gasteiger partial charge in [0.1, 0.15) is 5.75 Å². The van der Waals surface area contributed by atoms with E-state index >= 15 is 0 Å². The molecule has 0 aliphatic heterocycles. The zero-order valence-electron chi connectivity index (χ0n) is 17.5. The minimum absolute atomic E-state index is 0.0791. The minimum Gasteiger partial charge on any atom is -0.484 e. The lowest BCUT2D eigenvalue weighted by molar-refractivity contribution is -0.123. The molecule has 2 aromatic carbocycles. The second kappa shape index (κ2) is 10.4. The Labute approximate surface area is 173 Å². The van der Waals surface area contributed by atoms with Crippen molar-refractivity contribution in [3.05, 3.63) is 59.7 Å². The van der Waals surface area contributed by atoms with E-state index in [2.05, 4.69) is 12.2 Å². The molecule has 6 nitrogen and oxygen atoms in total. The smallest absolute Gasteiger partial charge is 0.258 e. The van der Waals surface area contributed by atoms with Crippen molar-refractivity contribution in [3.8, 4) is 5.75 Å². The number of aryl methyl sites for hydroxylation is 1. The molecule has 2 rings (SSSR count). The van der Waals surface area contributed by atoms with Crippen molar-refractivity contribution in [2.45, 2.75) is 45.1 Å². The van der Waals surface area contributed by atoms with Crippen LogP contribution in [-0.2, 0) is 21.2 Å². The first kappa shape index (κ1) is 22.9. The van der Waals surface area contributed by atoms with Gasteiger partial charge in [0.2, 0.25) is 10.0 Å². The Morgan fingerprint density at radius 1 is 1.00 bits per heavy atom. The number of nitrogens with zero attached hydrogens (tertiary/aromatic N) is 1. The van der Waals surface area contributed by atoms with Gasteiger partial charge in [-0.2, -0.15) is 4.31 Å². The normalized spacial score (nSPS) is 12.6. The highest BCUT2D eigenvalue weighted by Gasteiger charge is 2.21. The van der Waals surface area contributed by atoms with Gasteiger partial charge in [-0.1, -0.05) is 45.0 Å². The maximum atomic E-state index is 12.6. The molecule has 0 heterocycles. The van der Waals surface area contributed by atoms with Crippen molar-refractivity contribution < 1.29 is 17.9 Å². The van der Waals surface area contributed by atoms with E-state index in [1.54, 1.807) is 24.3 Å². The van der Waals surface area contributed by atoms with Gasteiger partial charge >= 0.3 is 0 Å². The fourth-order valence-corrected chi connectivity index (χ4v) is 4.44. The van der Waals surface area contributed by atoms with Crippen LogP contribution in [0.2, 0.25) is 0 Å². The van der Waals surface area contributed by atoms with Crippen LogP contribution in [0.4, 0.5) is 0 Å². The number of amides is 1. The van der Waals surface area contributed by atoms with Gasteiger partial charge in [-0.3, -0.25) is 4.79 Å². The SMILES string of the molecule is CCc1ccc(OCC(=O)NC(C)c2ccc(S(=O)(=O)N(CC)CC)cc2)cc1. The molecule has 0 saturated carbocycles. The van der Waals surface area contributed by atoms with Gasteiger partial charge < -0.3 is 10.1 Å². The number of carbonyl (C=O) groups excluding carboxylic acids is 1.